The Morgan fingerprint density at radius 1 is 0.806 bits per heavy atom. The van der Waals surface area contributed by atoms with Crippen molar-refractivity contribution < 1.29 is 45.0 Å². The van der Waals surface area contributed by atoms with Crippen LogP contribution in [0.4, 0.5) is 57.9 Å². The number of nitrogens with zero attached hydrogens (tertiary/aromatic N) is 1. The van der Waals surface area contributed by atoms with E-state index in [1.807, 2.05) is 0 Å². The lowest BCUT2D eigenvalue weighted by Crippen LogP contribution is -2.39. The van der Waals surface area contributed by atoms with Crippen LogP contribution in [0.3, 0.4) is 0 Å². The highest BCUT2D eigenvalue weighted by molar-refractivity contribution is 5.71. The molecule has 0 saturated carbocycles. The Bertz CT molecular complexity index is 1160. The topological polar surface area (TPSA) is 44.7 Å². The maximum Gasteiger partial charge on any atom is 0.458 e. The number of halogens is 8. The first-order valence-electron chi connectivity index (χ1n) is 10.3. The molecular weight excluding hydrogens is 500 g/mol. The van der Waals surface area contributed by atoms with Gasteiger partial charge in [-0.05, 0) is 54.6 Å². The molecule has 0 amide bonds. The van der Waals surface area contributed by atoms with E-state index in [9.17, 15) is 40.2 Å². The van der Waals surface area contributed by atoms with Crippen molar-refractivity contribution in [2.45, 2.75) is 24.4 Å². The number of rotatable bonds is 8. The van der Waals surface area contributed by atoms with Gasteiger partial charge in [0.05, 0.1) is 13.7 Å². The van der Waals surface area contributed by atoms with Gasteiger partial charge in [0.2, 0.25) is 0 Å². The van der Waals surface area contributed by atoms with E-state index in [0.717, 1.165) is 17.0 Å². The summed E-state index contributed by atoms with van der Waals surface area (Å²) in [4.78, 5) is 0.813. The van der Waals surface area contributed by atoms with Crippen molar-refractivity contribution in [1.29, 1.82) is 0 Å². The highest BCUT2D eigenvalue weighted by atomic mass is 19.4. The maximum atomic E-state index is 13.9. The van der Waals surface area contributed by atoms with Crippen LogP contribution in [0.25, 0.3) is 0 Å². The minimum Gasteiger partial charge on any atom is -0.497 e. The van der Waals surface area contributed by atoms with Gasteiger partial charge in [-0.1, -0.05) is 18.2 Å². The van der Waals surface area contributed by atoms with Gasteiger partial charge < -0.3 is 20.1 Å². The van der Waals surface area contributed by atoms with Gasteiger partial charge in [-0.25, -0.2) is 0 Å². The first-order valence-corrected chi connectivity index (χ1v) is 10.3. The Balaban J connectivity index is 2.02. The molecule has 0 aliphatic heterocycles. The van der Waals surface area contributed by atoms with Crippen LogP contribution >= 0.6 is 0 Å². The molecule has 0 spiro atoms. The minimum absolute atomic E-state index is 0.00397. The van der Waals surface area contributed by atoms with Gasteiger partial charge in [0, 0.05) is 28.3 Å². The van der Waals surface area contributed by atoms with E-state index in [1.165, 1.54) is 25.3 Å². The van der Waals surface area contributed by atoms with Crippen molar-refractivity contribution >= 4 is 22.7 Å². The van der Waals surface area contributed by atoms with E-state index < -0.39 is 42.2 Å². The van der Waals surface area contributed by atoms with Gasteiger partial charge >= 0.3 is 18.3 Å². The molecule has 2 N–H and O–H groups in total. The number of ether oxygens (including phenoxy) is 1. The maximum absolute atomic E-state index is 13.9. The summed E-state index contributed by atoms with van der Waals surface area (Å²) in [5, 5.41) is 12.7. The third-order valence-electron chi connectivity index (χ3n) is 5.15. The molecule has 36 heavy (non-hydrogen) atoms. The molecule has 0 fully saturated rings. The fourth-order valence-corrected chi connectivity index (χ4v) is 3.26. The van der Waals surface area contributed by atoms with Crippen LogP contribution in [0.2, 0.25) is 0 Å². The van der Waals surface area contributed by atoms with Crippen LogP contribution in [0.5, 0.6) is 5.75 Å². The minimum atomic E-state index is -5.91. The molecule has 3 aromatic carbocycles. The third-order valence-corrected chi connectivity index (χ3v) is 5.15. The Morgan fingerprint density at radius 2 is 1.39 bits per heavy atom. The third kappa shape index (κ3) is 6.17. The summed E-state index contributed by atoms with van der Waals surface area (Å²) in [6, 6.07) is 15.3. The van der Waals surface area contributed by atoms with Crippen molar-refractivity contribution in [1.82, 2.24) is 0 Å². The lowest BCUT2D eigenvalue weighted by Gasteiger charge is -2.30. The van der Waals surface area contributed by atoms with E-state index in [4.69, 9.17) is 4.74 Å². The lowest BCUT2D eigenvalue weighted by atomic mass is 10.1. The summed E-state index contributed by atoms with van der Waals surface area (Å²) >= 11 is 0. The van der Waals surface area contributed by atoms with Gasteiger partial charge in [-0.2, -0.15) is 35.1 Å². The fourth-order valence-electron chi connectivity index (χ4n) is 3.26. The van der Waals surface area contributed by atoms with E-state index in [-0.39, 0.29) is 5.69 Å². The summed E-state index contributed by atoms with van der Waals surface area (Å²) in [7, 11) is 1.48. The number of alkyl halides is 8. The number of aliphatic hydroxyl groups is 1. The van der Waals surface area contributed by atoms with Crippen LogP contribution in [-0.2, 0) is 5.92 Å². The van der Waals surface area contributed by atoms with Crippen LogP contribution in [-0.4, -0.2) is 37.2 Å². The summed E-state index contributed by atoms with van der Waals surface area (Å²) in [5.41, 5.74) is -0.889. The zero-order chi connectivity index (χ0) is 26.7. The second-order valence-corrected chi connectivity index (χ2v) is 7.69. The van der Waals surface area contributed by atoms with Crippen molar-refractivity contribution in [2.75, 3.05) is 23.9 Å². The second-order valence-electron chi connectivity index (χ2n) is 7.69. The molecular formula is C24H20F8N2O2. The lowest BCUT2D eigenvalue weighted by molar-refractivity contribution is -0.289. The highest BCUT2D eigenvalue weighted by Gasteiger charge is 2.58. The quantitative estimate of drug-likeness (QED) is 0.310. The molecule has 0 aromatic heterocycles. The molecule has 0 bridgehead atoms. The first-order chi connectivity index (χ1) is 16.7. The summed E-state index contributed by atoms with van der Waals surface area (Å²) < 4.78 is 111. The van der Waals surface area contributed by atoms with Crippen molar-refractivity contribution in [3.63, 3.8) is 0 Å². The molecule has 0 aliphatic rings. The molecule has 4 nitrogen and oxygen atoms in total. The Labute approximate surface area is 200 Å². The number of benzene rings is 3. The van der Waals surface area contributed by atoms with Gasteiger partial charge in [0.15, 0.2) is 6.10 Å². The Morgan fingerprint density at radius 3 is 1.94 bits per heavy atom. The van der Waals surface area contributed by atoms with E-state index in [1.54, 1.807) is 30.3 Å². The van der Waals surface area contributed by atoms with Crippen molar-refractivity contribution in [2.24, 2.45) is 0 Å². The largest absolute Gasteiger partial charge is 0.497 e. The molecule has 0 saturated heterocycles. The van der Waals surface area contributed by atoms with Gasteiger partial charge in [-0.15, -0.1) is 0 Å². The monoisotopic (exact) mass is 520 g/mol. The average Bonchev–Trinajstić information content (AvgIpc) is 2.81. The number of hydrogen-bond donors (Lipinski definition) is 2. The highest BCUT2D eigenvalue weighted by Crippen LogP contribution is 2.45. The Hall–Kier alpha value is -3.54. The molecule has 1 unspecified atom stereocenters. The average molecular weight is 520 g/mol. The zero-order valence-corrected chi connectivity index (χ0v) is 18.5. The zero-order valence-electron chi connectivity index (χ0n) is 18.5. The van der Waals surface area contributed by atoms with Gasteiger partial charge in [0.1, 0.15) is 5.75 Å². The molecule has 0 radical (unpaired) electrons. The molecule has 0 aliphatic carbocycles. The number of methoxy groups -OCH3 is 1. The predicted molar refractivity (Wildman–Crippen MR) is 118 cm³/mol. The molecule has 1 atom stereocenters. The molecule has 3 rings (SSSR count). The molecule has 12 heteroatoms. The molecule has 194 valence electrons. The number of nitrogens with one attached hydrogen (secondary N) is 1. The standard InChI is InChI=1S/C24H20F8N2O2/c1-36-20-10-8-16(9-11-20)33-17-5-3-7-19(13-17)34(14-21(35)23(27,28)29)18-6-2-4-15(12-18)22(25,26)24(30,31)32/h2-13,21,33,35H,14H2,1H3. The van der Waals surface area contributed by atoms with Gasteiger partial charge in [0.25, 0.3) is 0 Å². The van der Waals surface area contributed by atoms with Gasteiger partial charge in [-0.3, -0.25) is 0 Å². The van der Waals surface area contributed by atoms with Crippen LogP contribution in [0.15, 0.2) is 72.8 Å². The number of aliphatic hydroxyl groups excluding tert-OH is 1. The normalized spacial score (nSPS) is 13.3. The summed E-state index contributed by atoms with van der Waals surface area (Å²) in [6.07, 6.45) is -13.9. The van der Waals surface area contributed by atoms with E-state index in [0.29, 0.717) is 29.3 Å². The SMILES string of the molecule is COc1ccc(Nc2cccc(N(CC(O)C(F)(F)F)c3cccc(C(F)(F)C(F)(F)F)c3)c2)cc1. The fraction of sp³-hybridized carbons (Fsp3) is 0.250. The van der Waals surface area contributed by atoms with E-state index in [2.05, 4.69) is 5.32 Å². The molecule has 3 aromatic rings. The van der Waals surface area contributed by atoms with E-state index >= 15 is 0 Å². The summed E-state index contributed by atoms with van der Waals surface area (Å²) in [5.74, 6) is -4.66. The summed E-state index contributed by atoms with van der Waals surface area (Å²) in [6.45, 7) is -1.16. The Kier molecular flexibility index (Phi) is 7.68. The number of anilines is 4. The van der Waals surface area contributed by atoms with Crippen LogP contribution < -0.4 is 15.0 Å². The smallest absolute Gasteiger partial charge is 0.458 e. The first kappa shape index (κ1) is 27.1. The second kappa shape index (κ2) is 10.2. The predicted octanol–water partition coefficient (Wildman–Crippen LogP) is 7.15. The number of hydrogen-bond acceptors (Lipinski definition) is 4. The van der Waals surface area contributed by atoms with Crippen molar-refractivity contribution in [3.8, 4) is 5.75 Å². The van der Waals surface area contributed by atoms with Crippen molar-refractivity contribution in [3.05, 3.63) is 78.4 Å². The van der Waals surface area contributed by atoms with Crippen LogP contribution in [0.1, 0.15) is 5.56 Å². The van der Waals surface area contributed by atoms with Crippen LogP contribution in [0, 0.1) is 0 Å². The molecule has 0 heterocycles.